The van der Waals surface area contributed by atoms with Crippen LogP contribution in [0.1, 0.15) is 399 Å². The Bertz CT molecular complexity index is 1980. The van der Waals surface area contributed by atoms with Gasteiger partial charge in [-0.15, -0.1) is 0 Å². The number of likely N-dealkylation sites (N-methyl/N-ethyl adjacent to an activating group) is 1. The number of carbonyl (C=O) groups is 2. The summed E-state index contributed by atoms with van der Waals surface area (Å²) >= 11 is 0. The highest BCUT2D eigenvalue weighted by atomic mass is 31.2. The van der Waals surface area contributed by atoms with Gasteiger partial charge in [0.05, 0.1) is 27.7 Å². The van der Waals surface area contributed by atoms with Gasteiger partial charge in [0, 0.05) is 12.8 Å². The number of quaternary nitrogens is 1. The maximum Gasteiger partial charge on any atom is 0.472 e. The van der Waals surface area contributed by atoms with Gasteiger partial charge in [-0.2, -0.15) is 0 Å². The Morgan fingerprint density at radius 2 is 0.582 bits per heavy atom. The van der Waals surface area contributed by atoms with Crippen molar-refractivity contribution < 1.29 is 42.1 Å². The third-order valence-electron chi connectivity index (χ3n) is 18.6. The number of carbonyl (C=O) groups excluding carboxylic acids is 2. The van der Waals surface area contributed by atoms with E-state index in [2.05, 4.69) is 111 Å². The smallest absolute Gasteiger partial charge is 0.462 e. The fourth-order valence-corrected chi connectivity index (χ4v) is 13.0. The summed E-state index contributed by atoms with van der Waals surface area (Å²) in [6.45, 7) is 4.37. The van der Waals surface area contributed by atoms with Crippen molar-refractivity contribution in [1.82, 2.24) is 0 Å². The zero-order valence-electron chi connectivity index (χ0n) is 65.3. The molecular weight excluding hydrogens is 1230 g/mol. The van der Waals surface area contributed by atoms with Gasteiger partial charge in [-0.25, -0.2) is 4.57 Å². The van der Waals surface area contributed by atoms with Crippen LogP contribution in [0.2, 0.25) is 0 Å². The van der Waals surface area contributed by atoms with E-state index in [0.29, 0.717) is 23.9 Å². The Balaban J connectivity index is 3.90. The molecule has 0 saturated heterocycles. The number of hydrogen-bond acceptors (Lipinski definition) is 7. The molecule has 0 amide bonds. The lowest BCUT2D eigenvalue weighted by atomic mass is 10.0. The third kappa shape index (κ3) is 81.9. The molecule has 0 aromatic heterocycles. The van der Waals surface area contributed by atoms with E-state index in [0.717, 1.165) is 77.0 Å². The molecule has 2 atom stereocenters. The van der Waals surface area contributed by atoms with Gasteiger partial charge in [0.2, 0.25) is 0 Å². The summed E-state index contributed by atoms with van der Waals surface area (Å²) in [6, 6.07) is 0. The van der Waals surface area contributed by atoms with Crippen molar-refractivity contribution in [2.45, 2.75) is 405 Å². The molecule has 0 radical (unpaired) electrons. The first kappa shape index (κ1) is 94.9. The van der Waals surface area contributed by atoms with Crippen molar-refractivity contribution in [1.29, 1.82) is 0 Å². The Labute approximate surface area is 608 Å². The van der Waals surface area contributed by atoms with Gasteiger partial charge in [-0.3, -0.25) is 18.6 Å². The zero-order valence-corrected chi connectivity index (χ0v) is 66.2. The highest BCUT2D eigenvalue weighted by molar-refractivity contribution is 7.47. The third-order valence-corrected chi connectivity index (χ3v) is 19.6. The van der Waals surface area contributed by atoms with Crippen LogP contribution in [0.4, 0.5) is 0 Å². The summed E-state index contributed by atoms with van der Waals surface area (Å²) in [5.74, 6) is -0.777. The SMILES string of the molecule is CC/C=C\C/C=C\C/C=C\C/C=C\C/C=C\C/C=C\CCCCCCCCCCCCCCCCCCCCCCCCC(=O)OC(COC(=O)CCCCCCCCCCCCCCCCCCCCCCC/C=C\C/C=C\CCCCCCC)COP(=O)(O)OCC[N+](C)(C)C. The largest absolute Gasteiger partial charge is 0.472 e. The van der Waals surface area contributed by atoms with E-state index in [-0.39, 0.29) is 25.6 Å². The molecule has 0 rings (SSSR count). The standard InChI is InChI=1S/C88H160NO8P/c1-6-8-10-12-14-16-18-20-22-24-26-28-30-32-34-36-38-40-41-42-43-44-45-46-47-49-51-53-55-57-59-61-63-65-67-69-71-73-75-77-79-81-88(91)97-86(85-96-98(92,93)95-83-82-89(3,4)5)84-94-87(90)80-78-76-74-72-70-68-66-64-62-60-58-56-54-52-50-48-39-37-35-33-31-29-27-25-23-21-19-17-15-13-11-9-7-2/h8,10,14,16,19-22,25-28,32,34,38,40,86H,6-7,9,11-13,15,17-18,23-24,29-31,33,35-37,39,41-85H2,1-5H3/p+1/b10-8-,16-14-,21-19-,22-20-,27-25-,28-26-,34-32-,40-38-. The van der Waals surface area contributed by atoms with Crippen LogP contribution in [-0.2, 0) is 32.7 Å². The van der Waals surface area contributed by atoms with Crippen LogP contribution in [-0.4, -0.2) is 74.9 Å². The maximum atomic E-state index is 12.9. The van der Waals surface area contributed by atoms with Crippen LogP contribution in [0, 0.1) is 0 Å². The van der Waals surface area contributed by atoms with E-state index in [1.54, 1.807) is 0 Å². The average molecular weight is 1390 g/mol. The first-order valence-corrected chi connectivity index (χ1v) is 43.5. The van der Waals surface area contributed by atoms with E-state index < -0.39 is 26.5 Å². The van der Waals surface area contributed by atoms with Crippen LogP contribution in [0.5, 0.6) is 0 Å². The summed E-state index contributed by atoms with van der Waals surface area (Å²) < 4.78 is 34.9. The second-order valence-electron chi connectivity index (χ2n) is 29.5. The molecule has 0 aromatic carbocycles. The molecule has 0 saturated carbocycles. The summed E-state index contributed by atoms with van der Waals surface area (Å²) in [5, 5.41) is 0. The molecule has 0 aromatic rings. The lowest BCUT2D eigenvalue weighted by Gasteiger charge is -2.24. The molecule has 10 heteroatoms. The molecule has 0 spiro atoms. The minimum absolute atomic E-state index is 0.0326. The molecule has 0 aliphatic heterocycles. The van der Waals surface area contributed by atoms with E-state index in [4.69, 9.17) is 18.5 Å². The van der Waals surface area contributed by atoms with Crippen molar-refractivity contribution in [3.8, 4) is 0 Å². The van der Waals surface area contributed by atoms with Gasteiger partial charge in [-0.1, -0.05) is 387 Å². The Morgan fingerprint density at radius 3 is 0.867 bits per heavy atom. The van der Waals surface area contributed by atoms with Crippen molar-refractivity contribution in [3.05, 3.63) is 97.2 Å². The van der Waals surface area contributed by atoms with Gasteiger partial charge < -0.3 is 18.9 Å². The minimum Gasteiger partial charge on any atom is -0.462 e. The molecule has 0 bridgehead atoms. The first-order chi connectivity index (χ1) is 48.0. The van der Waals surface area contributed by atoms with Gasteiger partial charge in [-0.05, 0) is 96.3 Å². The number of phosphoric ester groups is 1. The van der Waals surface area contributed by atoms with Crippen molar-refractivity contribution in [2.75, 3.05) is 47.5 Å². The number of allylic oxidation sites excluding steroid dienone is 16. The number of rotatable bonds is 78. The van der Waals surface area contributed by atoms with E-state index in [1.807, 2.05) is 21.1 Å². The lowest BCUT2D eigenvalue weighted by Crippen LogP contribution is -2.37. The van der Waals surface area contributed by atoms with Gasteiger partial charge >= 0.3 is 19.8 Å². The quantitative estimate of drug-likeness (QED) is 0.0211. The highest BCUT2D eigenvalue weighted by Gasteiger charge is 2.27. The summed E-state index contributed by atoms with van der Waals surface area (Å²) in [6.07, 6.45) is 110. The number of phosphoric acid groups is 1. The van der Waals surface area contributed by atoms with Crippen molar-refractivity contribution in [2.24, 2.45) is 0 Å². The molecule has 2 unspecified atom stereocenters. The topological polar surface area (TPSA) is 108 Å². The molecule has 9 nitrogen and oxygen atoms in total. The predicted molar refractivity (Wildman–Crippen MR) is 427 cm³/mol. The van der Waals surface area contributed by atoms with Crippen LogP contribution >= 0.6 is 7.82 Å². The zero-order chi connectivity index (χ0) is 71.1. The van der Waals surface area contributed by atoms with Gasteiger partial charge in [0.25, 0.3) is 0 Å². The monoisotopic (exact) mass is 1390 g/mol. The normalized spacial score (nSPS) is 13.5. The summed E-state index contributed by atoms with van der Waals surface area (Å²) in [4.78, 5) is 36.0. The van der Waals surface area contributed by atoms with Gasteiger partial charge in [0.15, 0.2) is 6.10 Å². The summed E-state index contributed by atoms with van der Waals surface area (Å²) in [5.41, 5.74) is 0. The number of nitrogens with zero attached hydrogens (tertiary/aromatic N) is 1. The fourth-order valence-electron chi connectivity index (χ4n) is 12.2. The Hall–Kier alpha value is -3.07. The van der Waals surface area contributed by atoms with Gasteiger partial charge in [0.1, 0.15) is 19.8 Å². The number of ether oxygens (including phenoxy) is 2. The summed E-state index contributed by atoms with van der Waals surface area (Å²) in [7, 11) is 1.49. The molecule has 0 heterocycles. The van der Waals surface area contributed by atoms with E-state index in [1.165, 1.54) is 289 Å². The van der Waals surface area contributed by atoms with Crippen LogP contribution < -0.4 is 0 Å². The molecular formula is C88H161NO8P+. The molecule has 1 N–H and O–H groups in total. The van der Waals surface area contributed by atoms with Crippen molar-refractivity contribution >= 4 is 19.8 Å². The van der Waals surface area contributed by atoms with Crippen LogP contribution in [0.25, 0.3) is 0 Å². The molecule has 98 heavy (non-hydrogen) atoms. The van der Waals surface area contributed by atoms with E-state index >= 15 is 0 Å². The number of hydrogen-bond donors (Lipinski definition) is 1. The molecule has 0 aliphatic carbocycles. The van der Waals surface area contributed by atoms with Crippen LogP contribution in [0.3, 0.4) is 0 Å². The first-order valence-electron chi connectivity index (χ1n) is 42.0. The minimum atomic E-state index is -4.40. The Kier molecular flexibility index (Phi) is 75.6. The fraction of sp³-hybridized carbons (Fsp3) is 0.795. The second kappa shape index (κ2) is 78.1. The number of unbranched alkanes of at least 4 members (excludes halogenated alkanes) is 48. The Morgan fingerprint density at radius 1 is 0.327 bits per heavy atom. The number of esters is 2. The molecule has 0 aliphatic rings. The average Bonchev–Trinajstić information content (AvgIpc) is 1.08. The molecule has 570 valence electrons. The lowest BCUT2D eigenvalue weighted by molar-refractivity contribution is -0.870. The van der Waals surface area contributed by atoms with Crippen molar-refractivity contribution in [3.63, 3.8) is 0 Å². The highest BCUT2D eigenvalue weighted by Crippen LogP contribution is 2.43. The van der Waals surface area contributed by atoms with E-state index in [9.17, 15) is 19.0 Å². The predicted octanol–water partition coefficient (Wildman–Crippen LogP) is 28.2. The van der Waals surface area contributed by atoms with Crippen LogP contribution in [0.15, 0.2) is 97.2 Å². The second-order valence-corrected chi connectivity index (χ2v) is 30.9. The maximum absolute atomic E-state index is 12.9. The molecule has 0 fully saturated rings.